The molecular weight excluding hydrogens is 476 g/mol. The number of nitrogen functional groups attached to an aromatic ring is 1. The Balaban J connectivity index is 1.30. The lowest BCUT2D eigenvalue weighted by atomic mass is 9.97. The van der Waals surface area contributed by atoms with Crippen molar-refractivity contribution < 1.29 is 29.4 Å². The lowest BCUT2D eigenvalue weighted by molar-refractivity contribution is -0.141. The number of para-hydroxylation sites is 1. The molecular formula is C27H22N4O6. The summed E-state index contributed by atoms with van der Waals surface area (Å²) in [5.74, 6) is -2.92. The molecule has 186 valence electrons. The maximum absolute atomic E-state index is 13.0. The summed E-state index contributed by atoms with van der Waals surface area (Å²) in [7, 11) is 0. The Kier molecular flexibility index (Phi) is 6.02. The summed E-state index contributed by atoms with van der Waals surface area (Å²) in [6.45, 7) is 0. The molecule has 2 unspecified atom stereocenters. The Hall–Kier alpha value is -4.83. The molecule has 2 aliphatic heterocycles. The molecule has 2 atom stereocenters. The van der Waals surface area contributed by atoms with Crippen molar-refractivity contribution in [3.8, 4) is 0 Å². The minimum absolute atomic E-state index is 0.0514. The topological polar surface area (TPSA) is 162 Å². The number of nitrogens with one attached hydrogen (secondary N) is 1. The summed E-state index contributed by atoms with van der Waals surface area (Å²) in [5.41, 5.74) is 8.83. The Morgan fingerprint density at radius 2 is 1.81 bits per heavy atom. The predicted molar refractivity (Wildman–Crippen MR) is 135 cm³/mol. The maximum atomic E-state index is 13.0. The van der Waals surface area contributed by atoms with Gasteiger partial charge in [-0.3, -0.25) is 14.4 Å². The van der Waals surface area contributed by atoms with Crippen LogP contribution in [-0.2, 0) is 27.2 Å². The van der Waals surface area contributed by atoms with E-state index in [1.807, 2.05) is 0 Å². The van der Waals surface area contributed by atoms with E-state index < -0.39 is 29.9 Å². The molecule has 0 spiro atoms. The fourth-order valence-electron chi connectivity index (χ4n) is 4.47. The smallest absolute Gasteiger partial charge is 0.326 e. The minimum atomic E-state index is -1.30. The quantitative estimate of drug-likeness (QED) is 0.298. The van der Waals surface area contributed by atoms with Crippen molar-refractivity contribution in [2.45, 2.75) is 25.0 Å². The number of aliphatic imine (C=N–C) groups is 1. The number of nitrogens with two attached hydrogens (primary N) is 1. The number of rotatable bonds is 6. The van der Waals surface area contributed by atoms with Crippen LogP contribution in [0.1, 0.15) is 33.2 Å². The molecule has 3 amide bonds. The van der Waals surface area contributed by atoms with E-state index in [0.29, 0.717) is 39.3 Å². The standard InChI is InChI=1S/C27H22N4O6/c28-16-8-7-15-12-22(32)31(26(35)19(15)13-16)17-9-5-14(6-10-17)11-21(27(36)37)30-25(34)23-24(33)18-3-1-2-4-20(18)29-23/h1-10,13,21,24,33H,11-12,28H2,(H,30,34)(H,36,37). The summed E-state index contributed by atoms with van der Waals surface area (Å²) in [4.78, 5) is 55.5. The summed E-state index contributed by atoms with van der Waals surface area (Å²) >= 11 is 0. The second-order valence-corrected chi connectivity index (χ2v) is 8.82. The first-order valence-corrected chi connectivity index (χ1v) is 11.5. The van der Waals surface area contributed by atoms with E-state index in [2.05, 4.69) is 10.3 Å². The first kappa shape index (κ1) is 23.9. The third-order valence-corrected chi connectivity index (χ3v) is 6.36. The molecule has 5 rings (SSSR count). The normalized spacial score (nSPS) is 17.1. The molecule has 10 nitrogen and oxygen atoms in total. The number of amides is 3. The molecule has 5 N–H and O–H groups in total. The number of carboxylic acids is 1. The first-order valence-electron chi connectivity index (χ1n) is 11.5. The van der Waals surface area contributed by atoms with Crippen molar-refractivity contribution >= 4 is 46.5 Å². The number of aliphatic hydroxyl groups is 1. The van der Waals surface area contributed by atoms with E-state index in [0.717, 1.165) is 4.90 Å². The Bertz CT molecular complexity index is 1480. The molecule has 10 heteroatoms. The second-order valence-electron chi connectivity index (χ2n) is 8.82. The number of aliphatic carboxylic acids is 1. The van der Waals surface area contributed by atoms with Crippen LogP contribution in [0.2, 0.25) is 0 Å². The van der Waals surface area contributed by atoms with Gasteiger partial charge < -0.3 is 21.3 Å². The molecule has 0 fully saturated rings. The molecule has 3 aromatic rings. The van der Waals surface area contributed by atoms with Gasteiger partial charge in [0.1, 0.15) is 17.9 Å². The van der Waals surface area contributed by atoms with Crippen molar-refractivity contribution in [1.82, 2.24) is 5.32 Å². The number of carboxylic acid groups (broad SMARTS) is 1. The van der Waals surface area contributed by atoms with Crippen molar-refractivity contribution in [1.29, 1.82) is 0 Å². The van der Waals surface area contributed by atoms with E-state index in [-0.39, 0.29) is 24.5 Å². The number of carbonyl (C=O) groups is 4. The SMILES string of the molecule is Nc1ccc2c(c1)C(=O)N(c1ccc(CC(NC(=O)C3=Nc4ccccc4C3O)C(=O)O)cc1)C(=O)C2. The van der Waals surface area contributed by atoms with Crippen molar-refractivity contribution in [3.05, 3.63) is 89.0 Å². The van der Waals surface area contributed by atoms with Gasteiger partial charge in [-0.2, -0.15) is 0 Å². The van der Waals surface area contributed by atoms with Gasteiger partial charge in [-0.1, -0.05) is 36.4 Å². The van der Waals surface area contributed by atoms with Gasteiger partial charge in [0.25, 0.3) is 11.8 Å². The van der Waals surface area contributed by atoms with Gasteiger partial charge in [0, 0.05) is 23.2 Å². The zero-order valence-corrected chi connectivity index (χ0v) is 19.4. The van der Waals surface area contributed by atoms with E-state index in [1.54, 1.807) is 60.7 Å². The van der Waals surface area contributed by atoms with E-state index in [4.69, 9.17) is 5.73 Å². The maximum Gasteiger partial charge on any atom is 0.326 e. The molecule has 0 radical (unpaired) electrons. The number of fused-ring (bicyclic) bond motifs is 2. The van der Waals surface area contributed by atoms with Crippen molar-refractivity contribution in [2.24, 2.45) is 4.99 Å². The molecule has 0 aliphatic carbocycles. The molecule has 3 aromatic carbocycles. The number of aliphatic hydroxyl groups excluding tert-OH is 1. The van der Waals surface area contributed by atoms with Gasteiger partial charge >= 0.3 is 5.97 Å². The van der Waals surface area contributed by atoms with Gasteiger partial charge in [-0.15, -0.1) is 0 Å². The molecule has 2 heterocycles. The van der Waals surface area contributed by atoms with Crippen LogP contribution in [0.3, 0.4) is 0 Å². The average Bonchev–Trinajstić information content (AvgIpc) is 3.22. The highest BCUT2D eigenvalue weighted by atomic mass is 16.4. The van der Waals surface area contributed by atoms with E-state index >= 15 is 0 Å². The van der Waals surface area contributed by atoms with Gasteiger partial charge in [0.15, 0.2) is 0 Å². The summed E-state index contributed by atoms with van der Waals surface area (Å²) in [6.07, 6.45) is -1.26. The monoisotopic (exact) mass is 498 g/mol. The Labute approximate surface area is 211 Å². The van der Waals surface area contributed by atoms with Gasteiger partial charge in [0.2, 0.25) is 5.91 Å². The Morgan fingerprint density at radius 3 is 2.51 bits per heavy atom. The summed E-state index contributed by atoms with van der Waals surface area (Å²) < 4.78 is 0. The number of anilines is 2. The van der Waals surface area contributed by atoms with Crippen molar-refractivity contribution in [3.63, 3.8) is 0 Å². The van der Waals surface area contributed by atoms with Gasteiger partial charge in [0.05, 0.1) is 17.8 Å². The van der Waals surface area contributed by atoms with Crippen LogP contribution in [0.25, 0.3) is 0 Å². The molecule has 0 saturated heterocycles. The third-order valence-electron chi connectivity index (χ3n) is 6.36. The van der Waals surface area contributed by atoms with Crippen LogP contribution in [0, 0.1) is 0 Å². The largest absolute Gasteiger partial charge is 0.480 e. The van der Waals surface area contributed by atoms with Crippen LogP contribution < -0.4 is 16.0 Å². The van der Waals surface area contributed by atoms with Crippen LogP contribution in [-0.4, -0.2) is 45.7 Å². The summed E-state index contributed by atoms with van der Waals surface area (Å²) in [6, 6.07) is 16.5. The lowest BCUT2D eigenvalue weighted by Gasteiger charge is -2.27. The fraction of sp³-hybridized carbons (Fsp3) is 0.148. The lowest BCUT2D eigenvalue weighted by Crippen LogP contribution is -2.46. The number of imide groups is 1. The predicted octanol–water partition coefficient (Wildman–Crippen LogP) is 1.93. The minimum Gasteiger partial charge on any atom is -0.480 e. The molecule has 37 heavy (non-hydrogen) atoms. The molecule has 0 aromatic heterocycles. The zero-order chi connectivity index (χ0) is 26.3. The first-order chi connectivity index (χ1) is 17.7. The number of hydrogen-bond donors (Lipinski definition) is 4. The van der Waals surface area contributed by atoms with Crippen molar-refractivity contribution in [2.75, 3.05) is 10.6 Å². The van der Waals surface area contributed by atoms with Crippen LogP contribution >= 0.6 is 0 Å². The molecule has 2 aliphatic rings. The molecule has 0 saturated carbocycles. The van der Waals surface area contributed by atoms with Gasteiger partial charge in [-0.25, -0.2) is 14.7 Å². The zero-order valence-electron chi connectivity index (χ0n) is 19.4. The fourth-order valence-corrected chi connectivity index (χ4v) is 4.47. The Morgan fingerprint density at radius 1 is 1.08 bits per heavy atom. The number of hydrogen-bond acceptors (Lipinski definition) is 7. The van der Waals surface area contributed by atoms with Crippen LogP contribution in [0.5, 0.6) is 0 Å². The van der Waals surface area contributed by atoms with E-state index in [1.165, 1.54) is 6.07 Å². The summed E-state index contributed by atoms with van der Waals surface area (Å²) in [5, 5.41) is 22.5. The molecule has 0 bridgehead atoms. The highest BCUT2D eigenvalue weighted by Gasteiger charge is 2.34. The van der Waals surface area contributed by atoms with E-state index in [9.17, 15) is 29.4 Å². The highest BCUT2D eigenvalue weighted by Crippen LogP contribution is 2.33. The second kappa shape index (κ2) is 9.32. The third kappa shape index (κ3) is 4.45. The average molecular weight is 498 g/mol. The van der Waals surface area contributed by atoms with Crippen LogP contribution in [0.15, 0.2) is 71.7 Å². The number of benzene rings is 3. The highest BCUT2D eigenvalue weighted by molar-refractivity contribution is 6.42. The number of carbonyl (C=O) groups excluding carboxylic acids is 3. The van der Waals surface area contributed by atoms with Crippen LogP contribution in [0.4, 0.5) is 17.1 Å². The number of nitrogens with zero attached hydrogens (tertiary/aromatic N) is 2. The van der Waals surface area contributed by atoms with Gasteiger partial charge in [-0.05, 0) is 41.5 Å².